The van der Waals surface area contributed by atoms with Crippen molar-refractivity contribution in [1.82, 2.24) is 4.98 Å². The number of carbonyl (C=O) groups excluding carboxylic acids is 2. The zero-order valence-corrected chi connectivity index (χ0v) is 16.2. The molecule has 0 aliphatic rings. The Bertz CT molecular complexity index is 986. The maximum absolute atomic E-state index is 12.5. The quantitative estimate of drug-likeness (QED) is 0.569. The fraction of sp³-hybridized carbons (Fsp3) is 0.136. The second kappa shape index (κ2) is 9.36. The van der Waals surface area contributed by atoms with Crippen molar-refractivity contribution in [1.29, 1.82) is 0 Å². The normalized spacial score (nSPS) is 10.1. The molecule has 0 saturated carbocycles. The first-order valence-electron chi connectivity index (χ1n) is 9.04. The Morgan fingerprint density at radius 3 is 2.17 bits per heavy atom. The van der Waals surface area contributed by atoms with Crippen LogP contribution < -0.4 is 20.7 Å². The predicted molar refractivity (Wildman–Crippen MR) is 113 cm³/mol. The van der Waals surface area contributed by atoms with Gasteiger partial charge in [-0.05, 0) is 48.0 Å². The highest BCUT2D eigenvalue weighted by molar-refractivity contribution is 6.04. The number of aromatic nitrogens is 1. The number of nitrogens with zero attached hydrogens (tertiary/aromatic N) is 1. The number of benzene rings is 2. The molecule has 1 aromatic heterocycles. The summed E-state index contributed by atoms with van der Waals surface area (Å²) in [5, 5.41) is 8.76. The molecule has 0 aliphatic heterocycles. The van der Waals surface area contributed by atoms with E-state index in [1.165, 1.54) is 13.1 Å². The number of methoxy groups -OCH3 is 1. The van der Waals surface area contributed by atoms with E-state index >= 15 is 0 Å². The smallest absolute Gasteiger partial charge is 0.257 e. The Morgan fingerprint density at radius 2 is 1.55 bits per heavy atom. The molecular formula is C22H22N4O3. The molecule has 0 bridgehead atoms. The lowest BCUT2D eigenvalue weighted by Crippen LogP contribution is -2.13. The van der Waals surface area contributed by atoms with Gasteiger partial charge in [0.15, 0.2) is 0 Å². The lowest BCUT2D eigenvalue weighted by atomic mass is 10.2. The van der Waals surface area contributed by atoms with E-state index in [2.05, 4.69) is 20.9 Å². The third-order valence-electron chi connectivity index (χ3n) is 4.12. The van der Waals surface area contributed by atoms with E-state index in [4.69, 9.17) is 4.74 Å². The summed E-state index contributed by atoms with van der Waals surface area (Å²) < 4.78 is 5.15. The van der Waals surface area contributed by atoms with Gasteiger partial charge in [0.25, 0.3) is 5.91 Å². The first kappa shape index (κ1) is 19.9. The third-order valence-corrected chi connectivity index (χ3v) is 4.12. The van der Waals surface area contributed by atoms with Crippen molar-refractivity contribution in [3.8, 4) is 5.75 Å². The molecule has 2 amide bonds. The van der Waals surface area contributed by atoms with Gasteiger partial charge in [0.05, 0.1) is 18.4 Å². The highest BCUT2D eigenvalue weighted by Crippen LogP contribution is 2.17. The molecule has 0 atom stereocenters. The van der Waals surface area contributed by atoms with Crippen molar-refractivity contribution in [2.24, 2.45) is 0 Å². The number of pyridine rings is 1. The average molecular weight is 390 g/mol. The van der Waals surface area contributed by atoms with E-state index in [0.717, 1.165) is 17.0 Å². The number of nitrogens with one attached hydrogen (secondary N) is 3. The van der Waals surface area contributed by atoms with Gasteiger partial charge in [0.1, 0.15) is 5.75 Å². The fourth-order valence-electron chi connectivity index (χ4n) is 2.65. The van der Waals surface area contributed by atoms with Crippen LogP contribution in [0.1, 0.15) is 22.8 Å². The summed E-state index contributed by atoms with van der Waals surface area (Å²) in [5.74, 6) is 0.392. The van der Waals surface area contributed by atoms with Gasteiger partial charge in [0.2, 0.25) is 5.91 Å². The van der Waals surface area contributed by atoms with Crippen LogP contribution >= 0.6 is 0 Å². The lowest BCUT2D eigenvalue weighted by molar-refractivity contribution is -0.114. The number of carbonyl (C=O) groups is 2. The summed E-state index contributed by atoms with van der Waals surface area (Å²) in [6.07, 6.45) is 3.18. The van der Waals surface area contributed by atoms with Crippen molar-refractivity contribution < 1.29 is 14.3 Å². The van der Waals surface area contributed by atoms with E-state index in [-0.39, 0.29) is 11.8 Å². The summed E-state index contributed by atoms with van der Waals surface area (Å²) >= 11 is 0. The molecule has 29 heavy (non-hydrogen) atoms. The van der Waals surface area contributed by atoms with Gasteiger partial charge in [-0.2, -0.15) is 0 Å². The van der Waals surface area contributed by atoms with Crippen LogP contribution in [0.3, 0.4) is 0 Å². The standard InChI is InChI=1S/C22H22N4O3/c1-15(27)25-18-5-7-19(8-6-18)26-22(28)17-11-20(14-23-13-17)24-12-16-3-9-21(29-2)10-4-16/h3-11,13-14,24H,12H2,1-2H3,(H,25,27)(H,26,28). The number of rotatable bonds is 7. The van der Waals surface area contributed by atoms with Gasteiger partial charge in [-0.3, -0.25) is 14.6 Å². The Balaban J connectivity index is 1.60. The minimum Gasteiger partial charge on any atom is -0.497 e. The predicted octanol–water partition coefficient (Wildman–Crippen LogP) is 3.91. The highest BCUT2D eigenvalue weighted by Gasteiger charge is 2.08. The molecule has 148 valence electrons. The zero-order valence-electron chi connectivity index (χ0n) is 16.2. The van der Waals surface area contributed by atoms with Gasteiger partial charge in [-0.1, -0.05) is 12.1 Å². The Morgan fingerprint density at radius 1 is 0.897 bits per heavy atom. The average Bonchev–Trinajstić information content (AvgIpc) is 2.74. The van der Waals surface area contributed by atoms with E-state index in [1.54, 1.807) is 43.6 Å². The van der Waals surface area contributed by atoms with Gasteiger partial charge >= 0.3 is 0 Å². The molecule has 0 spiro atoms. The third kappa shape index (κ3) is 5.80. The van der Waals surface area contributed by atoms with Crippen molar-refractivity contribution >= 4 is 28.9 Å². The number of anilines is 3. The Labute approximate surface area is 169 Å². The molecule has 0 saturated heterocycles. The van der Waals surface area contributed by atoms with E-state index in [9.17, 15) is 9.59 Å². The molecule has 7 nitrogen and oxygen atoms in total. The molecule has 0 fully saturated rings. The molecule has 3 aromatic rings. The monoisotopic (exact) mass is 390 g/mol. The molecule has 0 aliphatic carbocycles. The van der Waals surface area contributed by atoms with Crippen molar-refractivity contribution in [3.05, 3.63) is 78.1 Å². The first-order valence-corrected chi connectivity index (χ1v) is 9.04. The highest BCUT2D eigenvalue weighted by atomic mass is 16.5. The van der Waals surface area contributed by atoms with Crippen molar-refractivity contribution in [2.45, 2.75) is 13.5 Å². The molecule has 7 heteroatoms. The fourth-order valence-corrected chi connectivity index (χ4v) is 2.65. The summed E-state index contributed by atoms with van der Waals surface area (Å²) in [5.41, 5.74) is 3.56. The topological polar surface area (TPSA) is 92.3 Å². The summed E-state index contributed by atoms with van der Waals surface area (Å²) in [7, 11) is 1.63. The van der Waals surface area contributed by atoms with Gasteiger partial charge in [-0.25, -0.2) is 0 Å². The maximum Gasteiger partial charge on any atom is 0.257 e. The second-order valence-corrected chi connectivity index (χ2v) is 6.38. The lowest BCUT2D eigenvalue weighted by Gasteiger charge is -2.10. The van der Waals surface area contributed by atoms with Crippen molar-refractivity contribution in [3.63, 3.8) is 0 Å². The van der Waals surface area contributed by atoms with Crippen LogP contribution in [0.4, 0.5) is 17.1 Å². The summed E-state index contributed by atoms with van der Waals surface area (Å²) in [6.45, 7) is 2.04. The molecule has 1 heterocycles. The largest absolute Gasteiger partial charge is 0.497 e. The molecule has 2 aromatic carbocycles. The van der Waals surface area contributed by atoms with E-state index in [0.29, 0.717) is 23.5 Å². The van der Waals surface area contributed by atoms with Crippen LogP contribution in [0.15, 0.2) is 67.0 Å². The minimum absolute atomic E-state index is 0.146. The van der Waals surface area contributed by atoms with Crippen LogP contribution in [0, 0.1) is 0 Å². The molecule has 0 radical (unpaired) electrons. The molecular weight excluding hydrogens is 368 g/mol. The second-order valence-electron chi connectivity index (χ2n) is 6.38. The molecule has 0 unspecified atom stereocenters. The number of hydrogen-bond acceptors (Lipinski definition) is 5. The van der Waals surface area contributed by atoms with Gasteiger partial charge in [-0.15, -0.1) is 0 Å². The first-order chi connectivity index (χ1) is 14.0. The van der Waals surface area contributed by atoms with Crippen LogP contribution in [0.25, 0.3) is 0 Å². The SMILES string of the molecule is COc1ccc(CNc2cncc(C(=O)Nc3ccc(NC(C)=O)cc3)c2)cc1. The van der Waals surface area contributed by atoms with Crippen LogP contribution in [-0.4, -0.2) is 23.9 Å². The number of amides is 2. The van der Waals surface area contributed by atoms with Crippen LogP contribution in [-0.2, 0) is 11.3 Å². The van der Waals surface area contributed by atoms with E-state index < -0.39 is 0 Å². The molecule has 3 N–H and O–H groups in total. The van der Waals surface area contributed by atoms with Crippen molar-refractivity contribution in [2.75, 3.05) is 23.1 Å². The Kier molecular flexibility index (Phi) is 6.42. The molecule has 3 rings (SSSR count). The Hall–Kier alpha value is -3.87. The van der Waals surface area contributed by atoms with Gasteiger partial charge < -0.3 is 20.7 Å². The van der Waals surface area contributed by atoms with Gasteiger partial charge in [0, 0.05) is 37.2 Å². The van der Waals surface area contributed by atoms with Crippen LogP contribution in [0.5, 0.6) is 5.75 Å². The maximum atomic E-state index is 12.5. The summed E-state index contributed by atoms with van der Waals surface area (Å²) in [4.78, 5) is 27.7. The summed E-state index contributed by atoms with van der Waals surface area (Å²) in [6, 6.07) is 16.4. The number of hydrogen-bond donors (Lipinski definition) is 3. The minimum atomic E-state index is -0.266. The van der Waals surface area contributed by atoms with Crippen LogP contribution in [0.2, 0.25) is 0 Å². The van der Waals surface area contributed by atoms with E-state index in [1.807, 2.05) is 24.3 Å². The zero-order chi connectivity index (χ0) is 20.6. The number of ether oxygens (including phenoxy) is 1.